The number of nitrogens with zero attached hydrogens (tertiary/aromatic N) is 2. The summed E-state index contributed by atoms with van der Waals surface area (Å²) in [6, 6.07) is 14.6. The van der Waals surface area contributed by atoms with Crippen LogP contribution in [0.15, 0.2) is 71.9 Å². The number of carbonyl (C=O) groups is 2. The Hall–Kier alpha value is -4.15. The van der Waals surface area contributed by atoms with Crippen LogP contribution >= 0.6 is 0 Å². The SMILES string of the molecule is Cn1cc(-c2ccncc2)cc(NC(=O)OCc2ccccc2)c1=O.O=C(O)C(F)(F)F. The molecule has 0 saturated carbocycles. The highest BCUT2D eigenvalue weighted by Gasteiger charge is 2.38. The van der Waals surface area contributed by atoms with Crippen LogP contribution in [0.3, 0.4) is 0 Å². The van der Waals surface area contributed by atoms with Crippen LogP contribution in [0.4, 0.5) is 23.7 Å². The molecule has 0 aliphatic rings. The highest BCUT2D eigenvalue weighted by molar-refractivity contribution is 5.85. The topological polar surface area (TPSA) is 111 Å². The van der Waals surface area contributed by atoms with E-state index in [2.05, 4.69) is 10.3 Å². The molecule has 2 heterocycles. The first-order chi connectivity index (χ1) is 15.1. The van der Waals surface area contributed by atoms with Crippen molar-refractivity contribution in [1.82, 2.24) is 9.55 Å². The lowest BCUT2D eigenvalue weighted by molar-refractivity contribution is -0.192. The van der Waals surface area contributed by atoms with Gasteiger partial charge in [0, 0.05) is 31.2 Å². The van der Waals surface area contributed by atoms with Gasteiger partial charge in [0.1, 0.15) is 12.3 Å². The molecule has 0 spiro atoms. The van der Waals surface area contributed by atoms with Gasteiger partial charge in [-0.3, -0.25) is 15.1 Å². The van der Waals surface area contributed by atoms with E-state index in [-0.39, 0.29) is 17.9 Å². The molecule has 168 valence electrons. The molecule has 0 saturated heterocycles. The Bertz CT molecular complexity index is 1120. The van der Waals surface area contributed by atoms with Crippen molar-refractivity contribution in [2.24, 2.45) is 7.05 Å². The molecular weight excluding hydrogens is 431 g/mol. The predicted molar refractivity (Wildman–Crippen MR) is 109 cm³/mol. The van der Waals surface area contributed by atoms with Crippen LogP contribution in [0.25, 0.3) is 11.1 Å². The third-order valence-corrected chi connectivity index (χ3v) is 3.89. The summed E-state index contributed by atoms with van der Waals surface area (Å²) in [6.07, 6.45) is -0.714. The summed E-state index contributed by atoms with van der Waals surface area (Å²) in [7, 11) is 1.63. The van der Waals surface area contributed by atoms with Crippen LogP contribution in [0.2, 0.25) is 0 Å². The quantitative estimate of drug-likeness (QED) is 0.627. The number of anilines is 1. The van der Waals surface area contributed by atoms with Crippen molar-refractivity contribution < 1.29 is 32.6 Å². The number of alkyl halides is 3. The van der Waals surface area contributed by atoms with Crippen LogP contribution in [0.5, 0.6) is 0 Å². The summed E-state index contributed by atoms with van der Waals surface area (Å²) in [4.78, 5) is 37.1. The highest BCUT2D eigenvalue weighted by Crippen LogP contribution is 2.19. The zero-order valence-electron chi connectivity index (χ0n) is 16.7. The molecule has 0 aliphatic heterocycles. The molecule has 0 radical (unpaired) electrons. The zero-order chi connectivity index (χ0) is 23.7. The third kappa shape index (κ3) is 7.27. The standard InChI is InChI=1S/C19H17N3O3.C2HF3O2/c1-22-12-16(15-7-9-20-10-8-15)11-17(18(22)23)21-19(24)25-13-14-5-3-2-4-6-14;3-2(4,5)1(6)7/h2-12H,13H2,1H3,(H,21,24);(H,6,7). The minimum absolute atomic E-state index is 0.136. The Morgan fingerprint density at radius 1 is 1.09 bits per heavy atom. The molecule has 0 aliphatic carbocycles. The van der Waals surface area contributed by atoms with Crippen molar-refractivity contribution in [2.45, 2.75) is 12.8 Å². The summed E-state index contributed by atoms with van der Waals surface area (Å²) >= 11 is 0. The van der Waals surface area contributed by atoms with Crippen LogP contribution in [0, 0.1) is 0 Å². The molecule has 2 aromatic heterocycles. The first-order valence-electron chi connectivity index (χ1n) is 8.97. The van der Waals surface area contributed by atoms with Crippen LogP contribution in [-0.4, -0.2) is 32.9 Å². The van der Waals surface area contributed by atoms with Gasteiger partial charge in [0.2, 0.25) is 0 Å². The number of carboxylic acids is 1. The largest absolute Gasteiger partial charge is 0.490 e. The molecule has 2 N–H and O–H groups in total. The number of carbonyl (C=O) groups excluding carboxylic acids is 1. The van der Waals surface area contributed by atoms with Gasteiger partial charge in [0.05, 0.1) is 0 Å². The van der Waals surface area contributed by atoms with Crippen molar-refractivity contribution in [1.29, 1.82) is 0 Å². The maximum absolute atomic E-state index is 12.2. The van der Waals surface area contributed by atoms with E-state index in [4.69, 9.17) is 14.6 Å². The number of pyridine rings is 2. The minimum atomic E-state index is -5.08. The lowest BCUT2D eigenvalue weighted by atomic mass is 10.1. The number of ether oxygens (including phenoxy) is 1. The summed E-state index contributed by atoms with van der Waals surface area (Å²) in [5.74, 6) is -2.76. The molecule has 0 unspecified atom stereocenters. The Balaban J connectivity index is 0.000000451. The average molecular weight is 449 g/mol. The smallest absolute Gasteiger partial charge is 0.475 e. The maximum atomic E-state index is 12.2. The number of aliphatic carboxylic acids is 1. The van der Waals surface area contributed by atoms with Gasteiger partial charge in [0.15, 0.2) is 0 Å². The van der Waals surface area contributed by atoms with Crippen LogP contribution < -0.4 is 10.9 Å². The van der Waals surface area contributed by atoms with Crippen molar-refractivity contribution in [3.8, 4) is 11.1 Å². The highest BCUT2D eigenvalue weighted by atomic mass is 19.4. The number of hydrogen-bond donors (Lipinski definition) is 2. The van der Waals surface area contributed by atoms with E-state index in [1.165, 1.54) is 4.57 Å². The lowest BCUT2D eigenvalue weighted by Gasteiger charge is -2.10. The summed E-state index contributed by atoms with van der Waals surface area (Å²) in [5, 5.41) is 9.65. The van der Waals surface area contributed by atoms with E-state index in [0.717, 1.165) is 16.7 Å². The normalized spacial score (nSPS) is 10.5. The number of carboxylic acid groups (broad SMARTS) is 1. The first kappa shape index (κ1) is 24.1. The second-order valence-electron chi connectivity index (χ2n) is 6.28. The summed E-state index contributed by atoms with van der Waals surface area (Å²) < 4.78 is 38.3. The van der Waals surface area contributed by atoms with Gasteiger partial charge in [-0.2, -0.15) is 13.2 Å². The lowest BCUT2D eigenvalue weighted by Crippen LogP contribution is -2.24. The number of nitrogens with one attached hydrogen (secondary N) is 1. The van der Waals surface area contributed by atoms with E-state index in [9.17, 15) is 22.8 Å². The number of rotatable bonds is 4. The van der Waals surface area contributed by atoms with Gasteiger partial charge in [-0.05, 0) is 29.3 Å². The number of hydrogen-bond acceptors (Lipinski definition) is 5. The summed E-state index contributed by atoms with van der Waals surface area (Å²) in [6.45, 7) is 0.136. The number of aryl methyl sites for hydroxylation is 1. The van der Waals surface area contributed by atoms with Gasteiger partial charge in [-0.25, -0.2) is 9.59 Å². The number of amides is 1. The second-order valence-corrected chi connectivity index (χ2v) is 6.28. The average Bonchev–Trinajstić information content (AvgIpc) is 2.76. The van der Waals surface area contributed by atoms with E-state index in [0.29, 0.717) is 0 Å². The Morgan fingerprint density at radius 3 is 2.25 bits per heavy atom. The summed E-state index contributed by atoms with van der Waals surface area (Å²) in [5.41, 5.74) is 2.41. The number of benzene rings is 1. The molecular formula is C21H18F3N3O5. The molecule has 3 rings (SSSR count). The van der Waals surface area contributed by atoms with Gasteiger partial charge in [0.25, 0.3) is 5.56 Å². The van der Waals surface area contributed by atoms with Gasteiger partial charge in [-0.1, -0.05) is 30.3 Å². The van der Waals surface area contributed by atoms with Crippen LogP contribution in [-0.2, 0) is 23.2 Å². The van der Waals surface area contributed by atoms with E-state index < -0.39 is 18.2 Å². The molecule has 11 heteroatoms. The van der Waals surface area contributed by atoms with Crippen molar-refractivity contribution in [3.63, 3.8) is 0 Å². The van der Waals surface area contributed by atoms with Crippen molar-refractivity contribution in [3.05, 3.63) is 83.0 Å². The van der Waals surface area contributed by atoms with Crippen LogP contribution in [0.1, 0.15) is 5.56 Å². The molecule has 1 aromatic carbocycles. The molecule has 32 heavy (non-hydrogen) atoms. The molecule has 0 atom stereocenters. The molecule has 0 fully saturated rings. The number of aromatic nitrogens is 2. The Kier molecular flexibility index (Phi) is 8.11. The monoisotopic (exact) mass is 449 g/mol. The molecule has 1 amide bonds. The van der Waals surface area contributed by atoms with Gasteiger partial charge in [-0.15, -0.1) is 0 Å². The third-order valence-electron chi connectivity index (χ3n) is 3.89. The predicted octanol–water partition coefficient (Wildman–Crippen LogP) is 3.83. The van der Waals surface area contributed by atoms with Gasteiger partial charge < -0.3 is 14.4 Å². The van der Waals surface area contributed by atoms with E-state index >= 15 is 0 Å². The van der Waals surface area contributed by atoms with Gasteiger partial charge >= 0.3 is 18.2 Å². The molecule has 3 aromatic rings. The molecule has 8 nitrogen and oxygen atoms in total. The second kappa shape index (κ2) is 10.8. The van der Waals surface area contributed by atoms with E-state index in [1.807, 2.05) is 42.5 Å². The Morgan fingerprint density at radius 2 is 1.69 bits per heavy atom. The first-order valence-corrected chi connectivity index (χ1v) is 8.97. The zero-order valence-corrected chi connectivity index (χ0v) is 16.7. The minimum Gasteiger partial charge on any atom is -0.475 e. The fourth-order valence-electron chi connectivity index (χ4n) is 2.37. The number of halogens is 3. The fraction of sp³-hybridized carbons (Fsp3) is 0.143. The van der Waals surface area contributed by atoms with Crippen molar-refractivity contribution in [2.75, 3.05) is 5.32 Å². The van der Waals surface area contributed by atoms with E-state index in [1.54, 1.807) is 31.7 Å². The fourth-order valence-corrected chi connectivity index (χ4v) is 2.37. The maximum Gasteiger partial charge on any atom is 0.490 e. The van der Waals surface area contributed by atoms with Crippen molar-refractivity contribution >= 4 is 17.7 Å². The Labute approximate surface area is 179 Å². The molecule has 0 bridgehead atoms.